The normalized spacial score (nSPS) is 10.6. The fourth-order valence-corrected chi connectivity index (χ4v) is 2.84. The third-order valence-corrected chi connectivity index (χ3v) is 4.12. The molecule has 0 aliphatic heterocycles. The Balaban J connectivity index is 1.96. The van der Waals surface area contributed by atoms with E-state index in [1.54, 1.807) is 37.6 Å². The molecule has 3 aromatic rings. The molecule has 2 amide bonds. The van der Waals surface area contributed by atoms with Crippen molar-refractivity contribution in [1.29, 1.82) is 0 Å². The van der Waals surface area contributed by atoms with Gasteiger partial charge in [-0.3, -0.25) is 19.7 Å². The van der Waals surface area contributed by atoms with Crippen LogP contribution in [0.1, 0.15) is 10.5 Å². The van der Waals surface area contributed by atoms with Crippen molar-refractivity contribution >= 4 is 40.0 Å². The molecule has 2 aromatic heterocycles. The number of nitrogens with zero attached hydrogens (tertiary/aromatic N) is 2. The number of halogens is 1. The molecule has 0 radical (unpaired) electrons. The van der Waals surface area contributed by atoms with Crippen molar-refractivity contribution in [3.8, 4) is 11.3 Å². The molecular formula is C19H18ClN5O3. The molecule has 0 aliphatic rings. The predicted octanol–water partition coefficient (Wildman–Crippen LogP) is 2.78. The summed E-state index contributed by atoms with van der Waals surface area (Å²) < 4.78 is 4.93. The number of amides is 2. The third-order valence-electron chi connectivity index (χ3n) is 3.90. The number of fused-ring (bicyclic) bond motifs is 1. The molecule has 3 N–H and O–H groups in total. The van der Waals surface area contributed by atoms with Crippen molar-refractivity contribution in [2.75, 3.05) is 25.6 Å². The van der Waals surface area contributed by atoms with Crippen molar-refractivity contribution in [3.05, 3.63) is 53.8 Å². The van der Waals surface area contributed by atoms with Gasteiger partial charge in [0.05, 0.1) is 24.0 Å². The SMILES string of the molecule is C=CC(=O)Nc1cc(Cl)cc(-c2cc3c(C(=O)NCCOC)n[nH]c3cn2)c1. The summed E-state index contributed by atoms with van der Waals surface area (Å²) in [6.45, 7) is 4.21. The first-order chi connectivity index (χ1) is 13.5. The average molecular weight is 400 g/mol. The Morgan fingerprint density at radius 1 is 1.32 bits per heavy atom. The highest BCUT2D eigenvalue weighted by molar-refractivity contribution is 6.31. The zero-order chi connectivity index (χ0) is 20.1. The lowest BCUT2D eigenvalue weighted by atomic mass is 10.1. The number of aromatic amines is 1. The van der Waals surface area contributed by atoms with Gasteiger partial charge in [-0.1, -0.05) is 18.2 Å². The van der Waals surface area contributed by atoms with Crippen LogP contribution in [0.15, 0.2) is 43.1 Å². The Bertz CT molecular complexity index is 1050. The van der Waals surface area contributed by atoms with Gasteiger partial charge in [-0.25, -0.2) is 0 Å². The lowest BCUT2D eigenvalue weighted by Crippen LogP contribution is -2.27. The van der Waals surface area contributed by atoms with Crippen LogP contribution in [0.3, 0.4) is 0 Å². The number of hydrogen-bond acceptors (Lipinski definition) is 5. The Kier molecular flexibility index (Phi) is 6.03. The van der Waals surface area contributed by atoms with E-state index in [0.29, 0.717) is 46.0 Å². The molecule has 0 saturated carbocycles. The standard InChI is InChI=1S/C19H18ClN5O3/c1-3-17(26)23-13-7-11(6-12(20)8-13)15-9-14-16(10-22-15)24-25-18(14)19(27)21-4-5-28-2/h3,6-10H,1,4-5H2,2H3,(H,21,27)(H,23,26)(H,24,25). The number of carbonyl (C=O) groups excluding carboxylic acids is 2. The van der Waals surface area contributed by atoms with Crippen molar-refractivity contribution in [2.24, 2.45) is 0 Å². The van der Waals surface area contributed by atoms with Gasteiger partial charge in [0.15, 0.2) is 5.69 Å². The number of methoxy groups -OCH3 is 1. The molecule has 9 heteroatoms. The minimum Gasteiger partial charge on any atom is -0.383 e. The highest BCUT2D eigenvalue weighted by atomic mass is 35.5. The van der Waals surface area contributed by atoms with E-state index < -0.39 is 0 Å². The van der Waals surface area contributed by atoms with Gasteiger partial charge >= 0.3 is 0 Å². The van der Waals surface area contributed by atoms with E-state index in [0.717, 1.165) is 0 Å². The zero-order valence-electron chi connectivity index (χ0n) is 15.1. The van der Waals surface area contributed by atoms with Crippen LogP contribution in [-0.2, 0) is 9.53 Å². The lowest BCUT2D eigenvalue weighted by molar-refractivity contribution is -0.111. The molecule has 2 heterocycles. The van der Waals surface area contributed by atoms with E-state index in [-0.39, 0.29) is 17.5 Å². The van der Waals surface area contributed by atoms with Crippen molar-refractivity contribution in [3.63, 3.8) is 0 Å². The monoisotopic (exact) mass is 399 g/mol. The predicted molar refractivity (Wildman–Crippen MR) is 107 cm³/mol. The molecule has 0 aliphatic carbocycles. The highest BCUT2D eigenvalue weighted by Gasteiger charge is 2.15. The Hall–Kier alpha value is -3.23. The number of nitrogens with one attached hydrogen (secondary N) is 3. The van der Waals surface area contributed by atoms with Gasteiger partial charge < -0.3 is 15.4 Å². The van der Waals surface area contributed by atoms with E-state index in [1.165, 1.54) is 6.08 Å². The summed E-state index contributed by atoms with van der Waals surface area (Å²) in [5.41, 5.74) is 2.66. The summed E-state index contributed by atoms with van der Waals surface area (Å²) in [5, 5.41) is 13.3. The number of ether oxygens (including phenoxy) is 1. The number of hydrogen-bond donors (Lipinski definition) is 3. The van der Waals surface area contributed by atoms with Crippen molar-refractivity contribution in [1.82, 2.24) is 20.5 Å². The number of H-pyrrole nitrogens is 1. The summed E-state index contributed by atoms with van der Waals surface area (Å²) in [6.07, 6.45) is 2.76. The van der Waals surface area contributed by atoms with Crippen LogP contribution >= 0.6 is 11.6 Å². The second kappa shape index (κ2) is 8.64. The van der Waals surface area contributed by atoms with Gasteiger partial charge in [0, 0.05) is 35.3 Å². The van der Waals surface area contributed by atoms with Crippen LogP contribution in [0.5, 0.6) is 0 Å². The molecule has 1 aromatic carbocycles. The number of pyridine rings is 1. The van der Waals surface area contributed by atoms with E-state index in [4.69, 9.17) is 16.3 Å². The average Bonchev–Trinajstić information content (AvgIpc) is 3.10. The van der Waals surface area contributed by atoms with Gasteiger partial charge in [0.1, 0.15) is 0 Å². The van der Waals surface area contributed by atoms with Crippen LogP contribution in [-0.4, -0.2) is 47.3 Å². The van der Waals surface area contributed by atoms with Crippen LogP contribution in [0.25, 0.3) is 22.2 Å². The fourth-order valence-electron chi connectivity index (χ4n) is 2.60. The van der Waals surface area contributed by atoms with Crippen molar-refractivity contribution < 1.29 is 14.3 Å². The minimum atomic E-state index is -0.346. The van der Waals surface area contributed by atoms with Crippen LogP contribution in [0.2, 0.25) is 5.02 Å². The molecule has 3 rings (SSSR count). The van der Waals surface area contributed by atoms with Crippen LogP contribution < -0.4 is 10.6 Å². The number of benzene rings is 1. The first kappa shape index (κ1) is 19.5. The van der Waals surface area contributed by atoms with E-state index in [1.807, 2.05) is 0 Å². The van der Waals surface area contributed by atoms with Crippen LogP contribution in [0.4, 0.5) is 5.69 Å². The molecule has 28 heavy (non-hydrogen) atoms. The summed E-state index contributed by atoms with van der Waals surface area (Å²) in [7, 11) is 1.56. The first-order valence-corrected chi connectivity index (χ1v) is 8.75. The largest absolute Gasteiger partial charge is 0.383 e. The second-order valence-corrected chi connectivity index (χ2v) is 6.29. The fraction of sp³-hybridized carbons (Fsp3) is 0.158. The van der Waals surface area contributed by atoms with E-state index in [2.05, 4.69) is 32.4 Å². The van der Waals surface area contributed by atoms with Crippen molar-refractivity contribution in [2.45, 2.75) is 0 Å². The zero-order valence-corrected chi connectivity index (χ0v) is 15.8. The quantitative estimate of drug-likeness (QED) is 0.418. The van der Waals surface area contributed by atoms with E-state index in [9.17, 15) is 9.59 Å². The molecule has 8 nitrogen and oxygen atoms in total. The lowest BCUT2D eigenvalue weighted by Gasteiger charge is -2.08. The number of rotatable bonds is 7. The minimum absolute atomic E-state index is 0.261. The maximum Gasteiger partial charge on any atom is 0.272 e. The highest BCUT2D eigenvalue weighted by Crippen LogP contribution is 2.28. The molecule has 0 unspecified atom stereocenters. The maximum atomic E-state index is 12.4. The van der Waals surface area contributed by atoms with Gasteiger partial charge in [-0.15, -0.1) is 0 Å². The molecular weight excluding hydrogens is 382 g/mol. The van der Waals surface area contributed by atoms with Gasteiger partial charge in [0.2, 0.25) is 5.91 Å². The number of anilines is 1. The summed E-state index contributed by atoms with van der Waals surface area (Å²) in [5.74, 6) is -0.660. The number of aromatic nitrogens is 3. The topological polar surface area (TPSA) is 109 Å². The Labute approximate surface area is 165 Å². The van der Waals surface area contributed by atoms with Gasteiger partial charge in [-0.2, -0.15) is 5.10 Å². The third kappa shape index (κ3) is 4.36. The first-order valence-electron chi connectivity index (χ1n) is 8.37. The number of carbonyl (C=O) groups is 2. The smallest absolute Gasteiger partial charge is 0.272 e. The van der Waals surface area contributed by atoms with Gasteiger partial charge in [-0.05, 0) is 30.3 Å². The molecule has 0 bridgehead atoms. The van der Waals surface area contributed by atoms with Crippen LogP contribution in [0, 0.1) is 0 Å². The molecule has 0 fully saturated rings. The van der Waals surface area contributed by atoms with Gasteiger partial charge in [0.25, 0.3) is 5.91 Å². The molecule has 0 atom stereocenters. The second-order valence-electron chi connectivity index (χ2n) is 5.86. The summed E-state index contributed by atoms with van der Waals surface area (Å²) >= 11 is 6.18. The Morgan fingerprint density at radius 3 is 2.89 bits per heavy atom. The summed E-state index contributed by atoms with van der Waals surface area (Å²) in [6, 6.07) is 6.82. The molecule has 144 valence electrons. The molecule has 0 spiro atoms. The Morgan fingerprint density at radius 2 is 2.14 bits per heavy atom. The maximum absolute atomic E-state index is 12.4. The molecule has 0 saturated heterocycles. The summed E-state index contributed by atoms with van der Waals surface area (Å²) in [4.78, 5) is 28.3. The van der Waals surface area contributed by atoms with E-state index >= 15 is 0 Å².